The molecule has 2 aliphatic rings. The Bertz CT molecular complexity index is 485. The van der Waals surface area contributed by atoms with Crippen LogP contribution in [0.25, 0.3) is 0 Å². The second-order valence-electron chi connectivity index (χ2n) is 3.81. The van der Waals surface area contributed by atoms with Crippen LogP contribution in [0.15, 0.2) is 32.0 Å². The molecule has 0 radical (unpaired) electrons. The van der Waals surface area contributed by atoms with Gasteiger partial charge in [-0.15, -0.1) is 0 Å². The molecule has 0 amide bonds. The number of aldehydes is 1. The van der Waals surface area contributed by atoms with Crippen LogP contribution in [-0.2, 0) is 4.79 Å². The number of rotatable bonds is 1. The topological polar surface area (TPSA) is 45.0 Å². The molecule has 0 atom stereocenters. The first-order chi connectivity index (χ1) is 7.54. The zero-order valence-electron chi connectivity index (χ0n) is 9.41. The second kappa shape index (κ2) is 3.87. The van der Waals surface area contributed by atoms with Crippen molar-refractivity contribution in [2.45, 2.75) is 20.8 Å². The predicted octanol–water partition coefficient (Wildman–Crippen LogP) is 2.08. The van der Waals surface area contributed by atoms with Gasteiger partial charge in [-0.05, 0) is 20.8 Å². The smallest absolute Gasteiger partial charge is 0.155 e. The zero-order valence-corrected chi connectivity index (χ0v) is 10.2. The number of aliphatic imine (C=N–C) groups is 2. The highest BCUT2D eigenvalue weighted by Crippen LogP contribution is 2.26. The molecule has 0 fully saturated rings. The summed E-state index contributed by atoms with van der Waals surface area (Å²) in [5.74, 6) is 1.50. The number of amidine groups is 2. The summed E-state index contributed by atoms with van der Waals surface area (Å²) in [4.78, 5) is 21.4. The number of carbonyl (C=O) groups is 1. The van der Waals surface area contributed by atoms with Gasteiger partial charge in [-0.2, -0.15) is 0 Å². The largest absolute Gasteiger partial charge is 0.309 e. The molecule has 2 aliphatic heterocycles. The van der Waals surface area contributed by atoms with E-state index in [1.165, 1.54) is 0 Å². The Morgan fingerprint density at radius 1 is 1.25 bits per heavy atom. The average molecular weight is 238 g/mol. The molecule has 84 valence electrons. The standard InChI is InChI=1S/C11H12ClN3O/c1-6-9(5-16)4-15-8(3)13-7(2)10(12)11(15)14-6/h5H,4H2,1-3H3. The van der Waals surface area contributed by atoms with Gasteiger partial charge in [0.1, 0.15) is 17.2 Å². The summed E-state index contributed by atoms with van der Waals surface area (Å²) in [6, 6.07) is 0. The summed E-state index contributed by atoms with van der Waals surface area (Å²) < 4.78 is 0. The lowest BCUT2D eigenvalue weighted by molar-refractivity contribution is -0.105. The minimum absolute atomic E-state index is 0.493. The molecule has 0 unspecified atom stereocenters. The molecule has 0 N–H and O–H groups in total. The van der Waals surface area contributed by atoms with Gasteiger partial charge >= 0.3 is 0 Å². The lowest BCUT2D eigenvalue weighted by Gasteiger charge is -2.32. The summed E-state index contributed by atoms with van der Waals surface area (Å²) in [6.45, 7) is 6.03. The fourth-order valence-electron chi connectivity index (χ4n) is 1.72. The molecule has 0 saturated carbocycles. The predicted molar refractivity (Wildman–Crippen MR) is 64.6 cm³/mol. The van der Waals surface area contributed by atoms with Crippen LogP contribution < -0.4 is 0 Å². The van der Waals surface area contributed by atoms with E-state index in [0.29, 0.717) is 23.0 Å². The lowest BCUT2D eigenvalue weighted by Crippen LogP contribution is -2.42. The minimum Gasteiger partial charge on any atom is -0.309 e. The summed E-state index contributed by atoms with van der Waals surface area (Å²) >= 11 is 6.15. The number of hydrogen-bond acceptors (Lipinski definition) is 4. The van der Waals surface area contributed by atoms with E-state index in [2.05, 4.69) is 9.98 Å². The second-order valence-corrected chi connectivity index (χ2v) is 4.19. The van der Waals surface area contributed by atoms with E-state index < -0.39 is 0 Å². The van der Waals surface area contributed by atoms with Gasteiger partial charge in [0.05, 0.1) is 12.2 Å². The zero-order chi connectivity index (χ0) is 11.9. The van der Waals surface area contributed by atoms with Crippen molar-refractivity contribution in [2.24, 2.45) is 9.98 Å². The molecule has 2 heterocycles. The van der Waals surface area contributed by atoms with Crippen LogP contribution in [0, 0.1) is 0 Å². The highest BCUT2D eigenvalue weighted by atomic mass is 35.5. The average Bonchev–Trinajstić information content (AvgIpc) is 2.25. The SMILES string of the molecule is CC1=NC(C)=C(Cl)C2=NC(C)=C(C=O)CN12. The first-order valence-electron chi connectivity index (χ1n) is 4.97. The van der Waals surface area contributed by atoms with E-state index in [9.17, 15) is 4.79 Å². The lowest BCUT2D eigenvalue weighted by atomic mass is 10.1. The van der Waals surface area contributed by atoms with Crippen molar-refractivity contribution in [3.8, 4) is 0 Å². The quantitative estimate of drug-likeness (QED) is 0.656. The molecule has 0 bridgehead atoms. The van der Waals surface area contributed by atoms with Gasteiger partial charge in [0.15, 0.2) is 5.84 Å². The van der Waals surface area contributed by atoms with Crippen LogP contribution in [0.2, 0.25) is 0 Å². The Hall–Kier alpha value is -1.42. The Balaban J connectivity index is 2.55. The van der Waals surface area contributed by atoms with Crippen molar-refractivity contribution >= 4 is 29.6 Å². The van der Waals surface area contributed by atoms with Crippen LogP contribution in [0.5, 0.6) is 0 Å². The maximum atomic E-state index is 10.9. The maximum absolute atomic E-state index is 10.9. The number of nitrogens with zero attached hydrogens (tertiary/aromatic N) is 3. The van der Waals surface area contributed by atoms with Crippen molar-refractivity contribution < 1.29 is 4.79 Å². The van der Waals surface area contributed by atoms with Crippen molar-refractivity contribution in [1.29, 1.82) is 0 Å². The highest BCUT2D eigenvalue weighted by Gasteiger charge is 2.28. The number of allylic oxidation sites excluding steroid dienone is 2. The molecule has 0 saturated heterocycles. The molecule has 0 aromatic carbocycles. The summed E-state index contributed by atoms with van der Waals surface area (Å²) in [5, 5.41) is 0.551. The van der Waals surface area contributed by atoms with Crippen LogP contribution in [0.3, 0.4) is 0 Å². The van der Waals surface area contributed by atoms with Gasteiger partial charge < -0.3 is 4.90 Å². The minimum atomic E-state index is 0.493. The molecular formula is C11H12ClN3O. The van der Waals surface area contributed by atoms with Gasteiger partial charge in [0.2, 0.25) is 0 Å². The molecule has 16 heavy (non-hydrogen) atoms. The summed E-state index contributed by atoms with van der Waals surface area (Å²) in [6.07, 6.45) is 0.835. The third-order valence-corrected chi connectivity index (χ3v) is 3.14. The third-order valence-electron chi connectivity index (χ3n) is 2.70. The third kappa shape index (κ3) is 1.59. The number of halogens is 1. The molecule has 2 rings (SSSR count). The summed E-state index contributed by atoms with van der Waals surface area (Å²) in [5.41, 5.74) is 2.15. The Morgan fingerprint density at radius 2 is 1.94 bits per heavy atom. The fourth-order valence-corrected chi connectivity index (χ4v) is 1.91. The number of hydrogen-bond donors (Lipinski definition) is 0. The fraction of sp³-hybridized carbons (Fsp3) is 0.364. The van der Waals surface area contributed by atoms with E-state index in [0.717, 1.165) is 23.5 Å². The monoisotopic (exact) mass is 237 g/mol. The molecular weight excluding hydrogens is 226 g/mol. The van der Waals surface area contributed by atoms with Gasteiger partial charge in [-0.25, -0.2) is 9.98 Å². The van der Waals surface area contributed by atoms with Crippen molar-refractivity contribution in [2.75, 3.05) is 6.54 Å². The summed E-state index contributed by atoms with van der Waals surface area (Å²) in [7, 11) is 0. The van der Waals surface area contributed by atoms with E-state index in [1.54, 1.807) is 0 Å². The first-order valence-corrected chi connectivity index (χ1v) is 5.35. The molecule has 0 spiro atoms. The Kier molecular flexibility index (Phi) is 2.68. The Labute approximate surface area is 99.0 Å². The molecule has 0 aliphatic carbocycles. The van der Waals surface area contributed by atoms with Crippen molar-refractivity contribution in [3.05, 3.63) is 22.0 Å². The highest BCUT2D eigenvalue weighted by molar-refractivity contribution is 6.45. The Morgan fingerprint density at radius 3 is 2.56 bits per heavy atom. The van der Waals surface area contributed by atoms with E-state index in [4.69, 9.17) is 11.6 Å². The maximum Gasteiger partial charge on any atom is 0.155 e. The van der Waals surface area contributed by atoms with Crippen LogP contribution in [0.1, 0.15) is 20.8 Å². The van der Waals surface area contributed by atoms with Crippen molar-refractivity contribution in [1.82, 2.24) is 4.90 Å². The van der Waals surface area contributed by atoms with E-state index in [-0.39, 0.29) is 0 Å². The van der Waals surface area contributed by atoms with Crippen LogP contribution >= 0.6 is 11.6 Å². The van der Waals surface area contributed by atoms with Gasteiger partial charge in [-0.1, -0.05) is 11.6 Å². The molecule has 5 heteroatoms. The molecule has 0 aromatic rings. The van der Waals surface area contributed by atoms with E-state index >= 15 is 0 Å². The molecule has 4 nitrogen and oxygen atoms in total. The first kappa shape index (κ1) is 11.1. The van der Waals surface area contributed by atoms with Gasteiger partial charge in [-0.3, -0.25) is 4.79 Å². The van der Waals surface area contributed by atoms with Crippen molar-refractivity contribution in [3.63, 3.8) is 0 Å². The van der Waals surface area contributed by atoms with Gasteiger partial charge in [0, 0.05) is 11.3 Å². The number of fused-ring (bicyclic) bond motifs is 1. The normalized spacial score (nSPS) is 20.6. The van der Waals surface area contributed by atoms with Crippen LogP contribution in [-0.4, -0.2) is 29.4 Å². The van der Waals surface area contributed by atoms with E-state index in [1.807, 2.05) is 25.7 Å². The van der Waals surface area contributed by atoms with Gasteiger partial charge in [0.25, 0.3) is 0 Å². The number of carbonyl (C=O) groups excluding carboxylic acids is 1. The van der Waals surface area contributed by atoms with Crippen LogP contribution in [0.4, 0.5) is 0 Å². The molecule has 0 aromatic heterocycles.